The van der Waals surface area contributed by atoms with Crippen LogP contribution in [-0.2, 0) is 25.2 Å². The Morgan fingerprint density at radius 3 is 2.28 bits per heavy atom. The molecule has 1 amide bonds. The summed E-state index contributed by atoms with van der Waals surface area (Å²) in [6, 6.07) is 16.4. The molecule has 1 aliphatic rings. The lowest BCUT2D eigenvalue weighted by Crippen LogP contribution is -2.17. The molecule has 1 aliphatic heterocycles. The van der Waals surface area contributed by atoms with Crippen LogP contribution in [0.15, 0.2) is 75.4 Å². The van der Waals surface area contributed by atoms with Crippen LogP contribution in [0, 0.1) is 0 Å². The van der Waals surface area contributed by atoms with Crippen molar-refractivity contribution in [2.45, 2.75) is 22.5 Å². The van der Waals surface area contributed by atoms with Gasteiger partial charge in [0.05, 0.1) is 41.0 Å². The standard InChI is InChI=1S/C26H23NO7S2/c1-16(28)34-18-9-7-17(8-10-18)13-25-26(29)27-21-12-11-19(14-24(21)35-25)36(30,31)15-20-22(32-2)5-4-6-23(20)33-3/h4-14H,15H2,1-3H3,(H,27,29)/b25-13+. The number of sulfone groups is 1. The highest BCUT2D eigenvalue weighted by Gasteiger charge is 2.26. The number of methoxy groups -OCH3 is 2. The SMILES string of the molecule is COc1cccc(OC)c1CS(=O)(=O)c1ccc2c(c1)S/C(=C/c1ccc(OC(C)=O)cc1)C(=O)N2. The summed E-state index contributed by atoms with van der Waals surface area (Å²) in [6.45, 7) is 1.32. The van der Waals surface area contributed by atoms with Crippen LogP contribution in [-0.4, -0.2) is 34.5 Å². The Morgan fingerprint density at radius 2 is 1.67 bits per heavy atom. The molecule has 0 unspecified atom stereocenters. The molecular weight excluding hydrogens is 502 g/mol. The maximum absolute atomic E-state index is 13.3. The second-order valence-corrected chi connectivity index (χ2v) is 10.9. The summed E-state index contributed by atoms with van der Waals surface area (Å²) in [5.74, 6) is 0.205. The van der Waals surface area contributed by atoms with Crippen LogP contribution < -0.4 is 19.5 Å². The minimum atomic E-state index is -3.76. The summed E-state index contributed by atoms with van der Waals surface area (Å²) in [5.41, 5.74) is 1.68. The van der Waals surface area contributed by atoms with Crippen molar-refractivity contribution < 1.29 is 32.2 Å². The molecule has 36 heavy (non-hydrogen) atoms. The number of amides is 1. The van der Waals surface area contributed by atoms with Gasteiger partial charge in [-0.3, -0.25) is 9.59 Å². The Morgan fingerprint density at radius 1 is 1.00 bits per heavy atom. The summed E-state index contributed by atoms with van der Waals surface area (Å²) in [7, 11) is -0.817. The molecule has 10 heteroatoms. The van der Waals surface area contributed by atoms with Crippen molar-refractivity contribution in [1.29, 1.82) is 0 Å². The molecule has 0 aliphatic carbocycles. The summed E-state index contributed by atoms with van der Waals surface area (Å²) >= 11 is 1.18. The number of nitrogens with one attached hydrogen (secondary N) is 1. The fourth-order valence-electron chi connectivity index (χ4n) is 3.62. The smallest absolute Gasteiger partial charge is 0.308 e. The van der Waals surface area contributed by atoms with Crippen LogP contribution in [0.3, 0.4) is 0 Å². The molecule has 0 saturated heterocycles. The highest BCUT2D eigenvalue weighted by molar-refractivity contribution is 8.04. The number of thioether (sulfide) groups is 1. The number of hydrogen-bond acceptors (Lipinski definition) is 8. The molecule has 0 saturated carbocycles. The van der Waals surface area contributed by atoms with E-state index >= 15 is 0 Å². The van der Waals surface area contributed by atoms with Crippen molar-refractivity contribution in [3.8, 4) is 17.2 Å². The van der Waals surface area contributed by atoms with E-state index in [1.165, 1.54) is 39.0 Å². The van der Waals surface area contributed by atoms with Crippen molar-refractivity contribution in [2.75, 3.05) is 19.5 Å². The minimum absolute atomic E-state index is 0.114. The van der Waals surface area contributed by atoms with Gasteiger partial charge in [-0.2, -0.15) is 0 Å². The Balaban J connectivity index is 1.61. The van der Waals surface area contributed by atoms with Crippen LogP contribution in [0.4, 0.5) is 5.69 Å². The second-order valence-electron chi connectivity index (χ2n) is 7.79. The van der Waals surface area contributed by atoms with Crippen LogP contribution in [0.1, 0.15) is 18.1 Å². The van der Waals surface area contributed by atoms with E-state index in [2.05, 4.69) is 5.32 Å². The third-order valence-corrected chi connectivity index (χ3v) is 8.03. The lowest BCUT2D eigenvalue weighted by molar-refractivity contribution is -0.131. The van der Waals surface area contributed by atoms with E-state index in [4.69, 9.17) is 14.2 Å². The largest absolute Gasteiger partial charge is 0.496 e. The molecule has 3 aromatic rings. The zero-order valence-electron chi connectivity index (χ0n) is 19.7. The predicted octanol–water partition coefficient (Wildman–Crippen LogP) is 4.69. The molecular formula is C26H23NO7S2. The maximum Gasteiger partial charge on any atom is 0.308 e. The fourth-order valence-corrected chi connectivity index (χ4v) is 6.09. The molecule has 0 radical (unpaired) electrons. The first kappa shape index (κ1) is 25.3. The molecule has 3 aromatic carbocycles. The summed E-state index contributed by atoms with van der Waals surface area (Å²) < 4.78 is 42.3. The number of fused-ring (bicyclic) bond motifs is 1. The van der Waals surface area contributed by atoms with Gasteiger partial charge in [-0.05, 0) is 54.1 Å². The van der Waals surface area contributed by atoms with E-state index in [0.29, 0.717) is 38.3 Å². The lowest BCUT2D eigenvalue weighted by Gasteiger charge is -2.20. The molecule has 0 bridgehead atoms. The van der Waals surface area contributed by atoms with E-state index in [-0.39, 0.29) is 16.6 Å². The Hall–Kier alpha value is -3.76. The third-order valence-electron chi connectivity index (χ3n) is 5.31. The number of benzene rings is 3. The van der Waals surface area contributed by atoms with Crippen molar-refractivity contribution in [3.63, 3.8) is 0 Å². The van der Waals surface area contributed by atoms with Gasteiger partial charge in [0.25, 0.3) is 5.91 Å². The quantitative estimate of drug-likeness (QED) is 0.269. The highest BCUT2D eigenvalue weighted by Crippen LogP contribution is 2.41. The van der Waals surface area contributed by atoms with E-state index < -0.39 is 15.8 Å². The highest BCUT2D eigenvalue weighted by atomic mass is 32.2. The normalized spacial score (nSPS) is 14.1. The van der Waals surface area contributed by atoms with E-state index in [1.807, 2.05) is 0 Å². The summed E-state index contributed by atoms with van der Waals surface area (Å²) in [4.78, 5) is 24.8. The number of hydrogen-bond donors (Lipinski definition) is 1. The third kappa shape index (κ3) is 5.55. The molecule has 1 N–H and O–H groups in total. The van der Waals surface area contributed by atoms with Gasteiger partial charge in [0.15, 0.2) is 9.84 Å². The van der Waals surface area contributed by atoms with Gasteiger partial charge in [0, 0.05) is 11.8 Å². The first-order valence-electron chi connectivity index (χ1n) is 10.8. The Kier molecular flexibility index (Phi) is 7.37. The van der Waals surface area contributed by atoms with Gasteiger partial charge in [-0.1, -0.05) is 30.0 Å². The number of carbonyl (C=O) groups excluding carboxylic acids is 2. The number of ether oxygens (including phenoxy) is 3. The van der Waals surface area contributed by atoms with Crippen LogP contribution >= 0.6 is 11.8 Å². The molecule has 0 spiro atoms. The topological polar surface area (TPSA) is 108 Å². The fraction of sp³-hybridized carbons (Fsp3) is 0.154. The number of carbonyl (C=O) groups is 2. The Labute approximate surface area is 213 Å². The molecule has 1 heterocycles. The molecule has 0 atom stereocenters. The van der Waals surface area contributed by atoms with Gasteiger partial charge in [0.2, 0.25) is 0 Å². The number of rotatable bonds is 7. The van der Waals surface area contributed by atoms with Crippen LogP contribution in [0.5, 0.6) is 17.2 Å². The van der Waals surface area contributed by atoms with E-state index in [0.717, 1.165) is 5.56 Å². The van der Waals surface area contributed by atoms with Gasteiger partial charge in [-0.15, -0.1) is 0 Å². The average molecular weight is 526 g/mol. The molecule has 0 aromatic heterocycles. The predicted molar refractivity (Wildman–Crippen MR) is 137 cm³/mol. The average Bonchev–Trinajstić information content (AvgIpc) is 2.85. The second kappa shape index (κ2) is 10.5. The zero-order valence-corrected chi connectivity index (χ0v) is 21.4. The van der Waals surface area contributed by atoms with Crippen LogP contribution in [0.2, 0.25) is 0 Å². The van der Waals surface area contributed by atoms with Crippen molar-refractivity contribution in [3.05, 3.63) is 76.7 Å². The van der Waals surface area contributed by atoms with Crippen molar-refractivity contribution in [2.24, 2.45) is 0 Å². The lowest BCUT2D eigenvalue weighted by atomic mass is 10.2. The van der Waals surface area contributed by atoms with Gasteiger partial charge in [-0.25, -0.2) is 8.42 Å². The monoisotopic (exact) mass is 525 g/mol. The number of esters is 1. The number of anilines is 1. The van der Waals surface area contributed by atoms with Crippen molar-refractivity contribution >= 4 is 45.2 Å². The maximum atomic E-state index is 13.3. The van der Waals surface area contributed by atoms with Crippen molar-refractivity contribution in [1.82, 2.24) is 0 Å². The minimum Gasteiger partial charge on any atom is -0.496 e. The van der Waals surface area contributed by atoms with E-state index in [1.54, 1.807) is 60.7 Å². The van der Waals surface area contributed by atoms with Crippen LogP contribution in [0.25, 0.3) is 6.08 Å². The van der Waals surface area contributed by atoms with E-state index in [9.17, 15) is 18.0 Å². The summed E-state index contributed by atoms with van der Waals surface area (Å²) in [5, 5.41) is 2.80. The molecule has 186 valence electrons. The van der Waals surface area contributed by atoms with Gasteiger partial charge < -0.3 is 19.5 Å². The first-order valence-corrected chi connectivity index (χ1v) is 13.2. The summed E-state index contributed by atoms with van der Waals surface area (Å²) in [6.07, 6.45) is 1.68. The molecule has 4 rings (SSSR count). The molecule has 0 fully saturated rings. The van der Waals surface area contributed by atoms with Gasteiger partial charge >= 0.3 is 5.97 Å². The first-order chi connectivity index (χ1) is 17.2. The zero-order chi connectivity index (χ0) is 25.9. The molecule has 8 nitrogen and oxygen atoms in total. The van der Waals surface area contributed by atoms with Gasteiger partial charge in [0.1, 0.15) is 17.2 Å². The Bertz CT molecular complexity index is 1440.